The van der Waals surface area contributed by atoms with Gasteiger partial charge in [0.2, 0.25) is 11.8 Å². The molecule has 0 aromatic heterocycles. The normalized spacial score (nSPS) is 19.5. The Kier molecular flexibility index (Phi) is 5.81. The lowest BCUT2D eigenvalue weighted by atomic mass is 10.1. The fraction of sp³-hybridized carbons (Fsp3) is 0.391. The highest BCUT2D eigenvalue weighted by molar-refractivity contribution is 6.02. The van der Waals surface area contributed by atoms with Crippen LogP contribution < -0.4 is 15.1 Å². The van der Waals surface area contributed by atoms with Crippen LogP contribution in [0.15, 0.2) is 48.5 Å². The summed E-state index contributed by atoms with van der Waals surface area (Å²) in [7, 11) is 0. The summed E-state index contributed by atoms with van der Waals surface area (Å²) in [6, 6.07) is 15.9. The molecule has 6 nitrogen and oxygen atoms in total. The summed E-state index contributed by atoms with van der Waals surface area (Å²) < 4.78 is 5.45. The molecule has 2 aliphatic heterocycles. The van der Waals surface area contributed by atoms with Crippen LogP contribution in [0.5, 0.6) is 0 Å². The summed E-state index contributed by atoms with van der Waals surface area (Å²) in [5.74, 6) is -0.390. The standard InChI is InChI=1S/C23H27N3O3/c1-17-6-2-3-7-18(17)15-24-23(28)19-14-22(27)26(16-19)21-9-5-4-8-20(21)25-10-12-29-13-11-25/h2-9,19H,10-16H2,1H3,(H,24,28). The van der Waals surface area contributed by atoms with Crippen molar-refractivity contribution in [2.45, 2.75) is 19.9 Å². The van der Waals surface area contributed by atoms with Crippen LogP contribution in [-0.4, -0.2) is 44.7 Å². The van der Waals surface area contributed by atoms with Gasteiger partial charge in [-0.15, -0.1) is 0 Å². The largest absolute Gasteiger partial charge is 0.378 e. The van der Waals surface area contributed by atoms with Crippen molar-refractivity contribution in [3.8, 4) is 0 Å². The molecule has 2 heterocycles. The third-order valence-corrected chi connectivity index (χ3v) is 5.73. The van der Waals surface area contributed by atoms with Crippen molar-refractivity contribution in [3.63, 3.8) is 0 Å². The van der Waals surface area contributed by atoms with Gasteiger partial charge in [-0.1, -0.05) is 36.4 Å². The molecule has 29 heavy (non-hydrogen) atoms. The molecule has 2 saturated heterocycles. The van der Waals surface area contributed by atoms with Crippen LogP contribution in [0.1, 0.15) is 17.5 Å². The molecule has 2 amide bonds. The minimum Gasteiger partial charge on any atom is -0.378 e. The molecule has 0 radical (unpaired) electrons. The predicted octanol–water partition coefficient (Wildman–Crippen LogP) is 2.50. The van der Waals surface area contributed by atoms with Crippen LogP contribution in [0.4, 0.5) is 11.4 Å². The van der Waals surface area contributed by atoms with Crippen molar-refractivity contribution in [1.82, 2.24) is 5.32 Å². The second-order valence-corrected chi connectivity index (χ2v) is 7.64. The van der Waals surface area contributed by atoms with Crippen molar-refractivity contribution in [3.05, 3.63) is 59.7 Å². The number of benzene rings is 2. The maximum Gasteiger partial charge on any atom is 0.227 e. The molecule has 152 valence electrons. The van der Waals surface area contributed by atoms with E-state index in [9.17, 15) is 9.59 Å². The van der Waals surface area contributed by atoms with Crippen molar-refractivity contribution >= 4 is 23.2 Å². The van der Waals surface area contributed by atoms with E-state index < -0.39 is 0 Å². The monoisotopic (exact) mass is 393 g/mol. The van der Waals surface area contributed by atoms with Gasteiger partial charge in [-0.2, -0.15) is 0 Å². The average Bonchev–Trinajstić information content (AvgIpc) is 3.15. The first kappa shape index (κ1) is 19.5. The zero-order valence-corrected chi connectivity index (χ0v) is 16.8. The van der Waals surface area contributed by atoms with Gasteiger partial charge in [0, 0.05) is 32.6 Å². The first-order chi connectivity index (χ1) is 14.1. The minimum atomic E-state index is -0.329. The van der Waals surface area contributed by atoms with Crippen molar-refractivity contribution < 1.29 is 14.3 Å². The van der Waals surface area contributed by atoms with E-state index >= 15 is 0 Å². The molecule has 2 aromatic carbocycles. The summed E-state index contributed by atoms with van der Waals surface area (Å²) in [4.78, 5) is 29.5. The molecule has 6 heteroatoms. The number of nitrogens with zero attached hydrogens (tertiary/aromatic N) is 2. The Bertz CT molecular complexity index is 892. The maximum atomic E-state index is 12.8. The number of rotatable bonds is 5. The highest BCUT2D eigenvalue weighted by atomic mass is 16.5. The summed E-state index contributed by atoms with van der Waals surface area (Å²) in [6.07, 6.45) is 0.247. The van der Waals surface area contributed by atoms with E-state index in [0.29, 0.717) is 26.3 Å². The quantitative estimate of drug-likeness (QED) is 0.848. The van der Waals surface area contributed by atoms with Gasteiger partial charge >= 0.3 is 0 Å². The number of anilines is 2. The average molecular weight is 393 g/mol. The number of amides is 2. The van der Waals surface area contributed by atoms with Crippen LogP contribution in [0, 0.1) is 12.8 Å². The lowest BCUT2D eigenvalue weighted by molar-refractivity contribution is -0.126. The highest BCUT2D eigenvalue weighted by Crippen LogP contribution is 2.34. The molecule has 4 rings (SSSR count). The molecule has 2 fully saturated rings. The Labute approximate surface area is 171 Å². The van der Waals surface area contributed by atoms with E-state index in [2.05, 4.69) is 10.2 Å². The molecule has 0 saturated carbocycles. The molecule has 0 spiro atoms. The molecule has 2 aromatic rings. The molecule has 1 N–H and O–H groups in total. The van der Waals surface area contributed by atoms with E-state index in [4.69, 9.17) is 4.74 Å². The summed E-state index contributed by atoms with van der Waals surface area (Å²) in [5, 5.41) is 3.01. The Hall–Kier alpha value is -2.86. The highest BCUT2D eigenvalue weighted by Gasteiger charge is 2.36. The summed E-state index contributed by atoms with van der Waals surface area (Å²) in [6.45, 7) is 5.92. The lowest BCUT2D eigenvalue weighted by Gasteiger charge is -2.32. The van der Waals surface area contributed by atoms with E-state index in [1.165, 1.54) is 0 Å². The number of carbonyl (C=O) groups is 2. The number of aryl methyl sites for hydroxylation is 1. The van der Waals surface area contributed by atoms with Crippen molar-refractivity contribution in [1.29, 1.82) is 0 Å². The molecule has 0 bridgehead atoms. The first-order valence-electron chi connectivity index (χ1n) is 10.2. The van der Waals surface area contributed by atoms with Crippen molar-refractivity contribution in [2.24, 2.45) is 5.92 Å². The van der Waals surface area contributed by atoms with Gasteiger partial charge in [0.05, 0.1) is 30.5 Å². The van der Waals surface area contributed by atoms with Gasteiger partial charge in [0.25, 0.3) is 0 Å². The smallest absolute Gasteiger partial charge is 0.227 e. The van der Waals surface area contributed by atoms with Gasteiger partial charge in [0.1, 0.15) is 0 Å². The summed E-state index contributed by atoms with van der Waals surface area (Å²) >= 11 is 0. The van der Waals surface area contributed by atoms with Crippen LogP contribution in [-0.2, 0) is 20.9 Å². The minimum absolute atomic E-state index is 0.00162. The maximum absolute atomic E-state index is 12.8. The SMILES string of the molecule is Cc1ccccc1CNC(=O)C1CC(=O)N(c2ccccc2N2CCOCC2)C1. The third-order valence-electron chi connectivity index (χ3n) is 5.73. The van der Waals surface area contributed by atoms with Crippen LogP contribution in [0.25, 0.3) is 0 Å². The second kappa shape index (κ2) is 8.66. The van der Waals surface area contributed by atoms with Crippen molar-refractivity contribution in [2.75, 3.05) is 42.6 Å². The summed E-state index contributed by atoms with van der Waals surface area (Å²) in [5.41, 5.74) is 4.16. The van der Waals surface area contributed by atoms with Crippen LogP contribution in [0.2, 0.25) is 0 Å². The van der Waals surface area contributed by atoms with Gasteiger partial charge in [-0.05, 0) is 30.2 Å². The zero-order valence-electron chi connectivity index (χ0n) is 16.8. The number of ether oxygens (including phenoxy) is 1. The molecular weight excluding hydrogens is 366 g/mol. The number of nitrogens with one attached hydrogen (secondary N) is 1. The van der Waals surface area contributed by atoms with E-state index in [1.807, 2.05) is 55.5 Å². The number of carbonyl (C=O) groups excluding carboxylic acids is 2. The Balaban J connectivity index is 1.44. The molecule has 1 atom stereocenters. The fourth-order valence-electron chi connectivity index (χ4n) is 4.02. The topological polar surface area (TPSA) is 61.9 Å². The first-order valence-corrected chi connectivity index (χ1v) is 10.2. The predicted molar refractivity (Wildman–Crippen MR) is 113 cm³/mol. The van der Waals surface area contributed by atoms with Gasteiger partial charge < -0.3 is 19.9 Å². The van der Waals surface area contributed by atoms with Gasteiger partial charge in [-0.25, -0.2) is 0 Å². The number of para-hydroxylation sites is 2. The molecule has 1 unspecified atom stereocenters. The van der Waals surface area contributed by atoms with E-state index in [0.717, 1.165) is 35.6 Å². The fourth-order valence-corrected chi connectivity index (χ4v) is 4.02. The Morgan fingerprint density at radius 2 is 1.76 bits per heavy atom. The van der Waals surface area contributed by atoms with Gasteiger partial charge in [-0.3, -0.25) is 9.59 Å². The van der Waals surface area contributed by atoms with Crippen LogP contribution >= 0.6 is 0 Å². The number of hydrogen-bond donors (Lipinski definition) is 1. The van der Waals surface area contributed by atoms with Crippen LogP contribution in [0.3, 0.4) is 0 Å². The van der Waals surface area contributed by atoms with E-state index in [1.54, 1.807) is 4.90 Å². The number of hydrogen-bond acceptors (Lipinski definition) is 4. The number of morpholine rings is 1. The molecule has 2 aliphatic rings. The second-order valence-electron chi connectivity index (χ2n) is 7.64. The Morgan fingerprint density at radius 3 is 2.52 bits per heavy atom. The van der Waals surface area contributed by atoms with Gasteiger partial charge in [0.15, 0.2) is 0 Å². The lowest BCUT2D eigenvalue weighted by Crippen LogP contribution is -2.38. The van der Waals surface area contributed by atoms with E-state index in [-0.39, 0.29) is 24.2 Å². The molecular formula is C23H27N3O3. The molecule has 0 aliphatic carbocycles. The Morgan fingerprint density at radius 1 is 1.07 bits per heavy atom. The zero-order chi connectivity index (χ0) is 20.2. The third kappa shape index (κ3) is 4.27.